The van der Waals surface area contributed by atoms with Crippen LogP contribution in [-0.2, 0) is 9.84 Å². The van der Waals surface area contributed by atoms with Gasteiger partial charge >= 0.3 is 0 Å². The summed E-state index contributed by atoms with van der Waals surface area (Å²) in [7, 11) is -3.00. The van der Waals surface area contributed by atoms with Crippen molar-refractivity contribution in [3.63, 3.8) is 0 Å². The van der Waals surface area contributed by atoms with Gasteiger partial charge in [-0.1, -0.05) is 34.8 Å². The third-order valence-corrected chi connectivity index (χ3v) is 5.67. The highest BCUT2D eigenvalue weighted by Crippen LogP contribution is 2.33. The van der Waals surface area contributed by atoms with E-state index in [1.165, 1.54) is 6.07 Å². The third kappa shape index (κ3) is 3.02. The number of aromatic nitrogens is 1. The Balaban J connectivity index is 2.28. The molecule has 0 spiro atoms. The Morgan fingerprint density at radius 2 is 2.00 bits per heavy atom. The maximum absolute atomic E-state index is 11.5. The van der Waals surface area contributed by atoms with E-state index in [2.05, 4.69) is 10.3 Å². The van der Waals surface area contributed by atoms with Gasteiger partial charge in [0.1, 0.15) is 11.0 Å². The average Bonchev–Trinajstić information content (AvgIpc) is 2.50. The zero-order chi connectivity index (χ0) is 13.6. The molecule has 1 aliphatic heterocycles. The maximum atomic E-state index is 11.5. The van der Waals surface area contributed by atoms with E-state index in [0.717, 1.165) is 0 Å². The van der Waals surface area contributed by atoms with E-state index >= 15 is 0 Å². The Kier molecular flexibility index (Phi) is 3.71. The first kappa shape index (κ1) is 14.2. The Morgan fingerprint density at radius 1 is 1.33 bits per heavy atom. The summed E-state index contributed by atoms with van der Waals surface area (Å²) in [6.45, 7) is 1.82. The maximum Gasteiger partial charge on any atom is 0.152 e. The largest absolute Gasteiger partial charge is 0.363 e. The van der Waals surface area contributed by atoms with Crippen LogP contribution in [0.1, 0.15) is 13.3 Å². The highest BCUT2D eigenvalue weighted by Gasteiger charge is 2.38. The molecule has 2 heterocycles. The number of rotatable bonds is 2. The molecule has 1 aromatic rings. The molecule has 100 valence electrons. The van der Waals surface area contributed by atoms with E-state index in [4.69, 9.17) is 34.8 Å². The predicted molar refractivity (Wildman–Crippen MR) is 74.6 cm³/mol. The number of halogens is 3. The van der Waals surface area contributed by atoms with Gasteiger partial charge in [0, 0.05) is 0 Å². The van der Waals surface area contributed by atoms with Gasteiger partial charge in [-0.05, 0) is 19.4 Å². The third-order valence-electron chi connectivity index (χ3n) is 2.81. The van der Waals surface area contributed by atoms with Crippen molar-refractivity contribution in [1.82, 2.24) is 4.98 Å². The molecule has 1 unspecified atom stereocenters. The molecule has 8 heteroatoms. The summed E-state index contributed by atoms with van der Waals surface area (Å²) in [5, 5.41) is 3.75. The molecule has 2 rings (SSSR count). The molecule has 18 heavy (non-hydrogen) atoms. The van der Waals surface area contributed by atoms with Crippen molar-refractivity contribution in [2.24, 2.45) is 0 Å². The quantitative estimate of drug-likeness (QED) is 0.847. The summed E-state index contributed by atoms with van der Waals surface area (Å²) < 4.78 is 23.0. The SMILES string of the molecule is CC1(Nc2nc(Cl)c(Cl)cc2Cl)CCS(=O)(=O)C1. The second-order valence-corrected chi connectivity index (χ2v) is 7.98. The summed E-state index contributed by atoms with van der Waals surface area (Å²) in [5.41, 5.74) is -0.577. The summed E-state index contributed by atoms with van der Waals surface area (Å²) in [4.78, 5) is 4.02. The molecule has 0 bridgehead atoms. The molecule has 1 saturated heterocycles. The number of nitrogens with one attached hydrogen (secondary N) is 1. The van der Waals surface area contributed by atoms with E-state index in [9.17, 15) is 8.42 Å². The average molecular weight is 330 g/mol. The molecular weight excluding hydrogens is 319 g/mol. The minimum absolute atomic E-state index is 0.0538. The second kappa shape index (κ2) is 4.71. The molecule has 1 N–H and O–H groups in total. The highest BCUT2D eigenvalue weighted by molar-refractivity contribution is 7.91. The Bertz CT molecular complexity index is 591. The van der Waals surface area contributed by atoms with Crippen molar-refractivity contribution in [2.75, 3.05) is 16.8 Å². The molecule has 1 atom stereocenters. The van der Waals surface area contributed by atoms with E-state index in [1.54, 1.807) is 0 Å². The number of sulfone groups is 1. The van der Waals surface area contributed by atoms with Gasteiger partial charge in [0.2, 0.25) is 0 Å². The van der Waals surface area contributed by atoms with Crippen LogP contribution in [0.2, 0.25) is 15.2 Å². The summed E-state index contributed by atoms with van der Waals surface area (Å²) in [5.74, 6) is 0.568. The lowest BCUT2D eigenvalue weighted by atomic mass is 10.0. The van der Waals surface area contributed by atoms with Crippen molar-refractivity contribution in [3.05, 3.63) is 21.3 Å². The van der Waals surface area contributed by atoms with Crippen molar-refractivity contribution < 1.29 is 8.42 Å². The zero-order valence-electron chi connectivity index (χ0n) is 9.50. The van der Waals surface area contributed by atoms with Gasteiger partial charge in [0.15, 0.2) is 9.84 Å². The van der Waals surface area contributed by atoms with E-state index in [-0.39, 0.29) is 21.7 Å². The molecule has 0 saturated carbocycles. The first-order valence-corrected chi connectivity index (χ1v) is 8.16. The number of anilines is 1. The van der Waals surface area contributed by atoms with Gasteiger partial charge in [-0.3, -0.25) is 0 Å². The summed E-state index contributed by atoms with van der Waals surface area (Å²) >= 11 is 17.6. The Morgan fingerprint density at radius 3 is 2.56 bits per heavy atom. The smallest absolute Gasteiger partial charge is 0.152 e. The number of pyridine rings is 1. The molecule has 1 fully saturated rings. The molecule has 0 aromatic carbocycles. The van der Waals surface area contributed by atoms with Gasteiger partial charge in [-0.15, -0.1) is 0 Å². The predicted octanol–water partition coefficient (Wildman–Crippen LogP) is 3.03. The van der Waals surface area contributed by atoms with Crippen LogP contribution >= 0.6 is 34.8 Å². The van der Waals surface area contributed by atoms with Crippen LogP contribution in [0.3, 0.4) is 0 Å². The van der Waals surface area contributed by atoms with Crippen molar-refractivity contribution in [3.8, 4) is 0 Å². The van der Waals surface area contributed by atoms with Crippen LogP contribution in [-0.4, -0.2) is 30.4 Å². The van der Waals surface area contributed by atoms with Gasteiger partial charge in [-0.2, -0.15) is 0 Å². The van der Waals surface area contributed by atoms with Crippen LogP contribution in [0.15, 0.2) is 6.07 Å². The molecule has 0 aliphatic carbocycles. The van der Waals surface area contributed by atoms with Crippen LogP contribution in [0.5, 0.6) is 0 Å². The van der Waals surface area contributed by atoms with E-state index in [0.29, 0.717) is 17.3 Å². The number of hydrogen-bond acceptors (Lipinski definition) is 4. The number of nitrogens with zero attached hydrogens (tertiary/aromatic N) is 1. The molecule has 1 aliphatic rings. The van der Waals surface area contributed by atoms with Crippen LogP contribution in [0.25, 0.3) is 0 Å². The van der Waals surface area contributed by atoms with Crippen LogP contribution < -0.4 is 5.32 Å². The normalized spacial score (nSPS) is 26.2. The van der Waals surface area contributed by atoms with E-state index < -0.39 is 15.4 Å². The minimum Gasteiger partial charge on any atom is -0.363 e. The lowest BCUT2D eigenvalue weighted by Crippen LogP contribution is -2.36. The van der Waals surface area contributed by atoms with Crippen molar-refractivity contribution in [2.45, 2.75) is 18.9 Å². The zero-order valence-corrected chi connectivity index (χ0v) is 12.6. The van der Waals surface area contributed by atoms with Gasteiger partial charge in [-0.25, -0.2) is 13.4 Å². The monoisotopic (exact) mass is 328 g/mol. The molecule has 1 aromatic heterocycles. The number of hydrogen-bond donors (Lipinski definition) is 1. The fourth-order valence-electron chi connectivity index (χ4n) is 1.93. The first-order chi connectivity index (χ1) is 8.21. The van der Waals surface area contributed by atoms with Crippen LogP contribution in [0.4, 0.5) is 5.82 Å². The highest BCUT2D eigenvalue weighted by atomic mass is 35.5. The lowest BCUT2D eigenvalue weighted by molar-refractivity contribution is 0.572. The van der Waals surface area contributed by atoms with Gasteiger partial charge in [0.25, 0.3) is 0 Å². The summed E-state index contributed by atoms with van der Waals surface area (Å²) in [6.07, 6.45) is 0.508. The molecule has 0 amide bonds. The standard InChI is InChI=1S/C10H11Cl3N2O2S/c1-10(2-3-18(16,17)5-10)15-9-7(12)4-6(11)8(13)14-9/h4H,2-3,5H2,1H3,(H,14,15). The van der Waals surface area contributed by atoms with E-state index in [1.807, 2.05) is 6.92 Å². The molecular formula is C10H11Cl3N2O2S. The Labute approximate surface area is 121 Å². The van der Waals surface area contributed by atoms with Crippen LogP contribution in [0, 0.1) is 0 Å². The first-order valence-electron chi connectivity index (χ1n) is 5.21. The van der Waals surface area contributed by atoms with Gasteiger partial charge < -0.3 is 5.32 Å². The van der Waals surface area contributed by atoms with Gasteiger partial charge in [0.05, 0.1) is 27.1 Å². The minimum atomic E-state index is -3.00. The fourth-order valence-corrected chi connectivity index (χ4v) is 4.56. The fraction of sp³-hybridized carbons (Fsp3) is 0.500. The Hall–Kier alpha value is -0.230. The van der Waals surface area contributed by atoms with Crippen molar-refractivity contribution >= 4 is 50.5 Å². The van der Waals surface area contributed by atoms with Crippen molar-refractivity contribution in [1.29, 1.82) is 0 Å². The topological polar surface area (TPSA) is 59.1 Å². The second-order valence-electron chi connectivity index (χ2n) is 4.62. The lowest BCUT2D eigenvalue weighted by Gasteiger charge is -2.25. The molecule has 0 radical (unpaired) electrons. The summed E-state index contributed by atoms with van der Waals surface area (Å²) in [6, 6.07) is 1.48. The molecule has 4 nitrogen and oxygen atoms in total.